The van der Waals surface area contributed by atoms with Crippen molar-refractivity contribution in [2.75, 3.05) is 39.3 Å². The molecule has 0 radical (unpaired) electrons. The summed E-state index contributed by atoms with van der Waals surface area (Å²) in [6.07, 6.45) is 3.78. The SMILES string of the molecule is CCCN1CCC(CN)(N2CC(C)SC(C)C2)CC1. The molecule has 2 saturated heterocycles. The number of rotatable bonds is 4. The largest absolute Gasteiger partial charge is 0.329 e. The molecule has 2 unspecified atom stereocenters. The maximum Gasteiger partial charge on any atom is 0.0356 e. The molecule has 0 amide bonds. The number of hydrogen-bond donors (Lipinski definition) is 1. The van der Waals surface area contributed by atoms with Crippen molar-refractivity contribution in [1.82, 2.24) is 9.80 Å². The predicted molar refractivity (Wildman–Crippen MR) is 85.8 cm³/mol. The molecule has 2 heterocycles. The van der Waals surface area contributed by atoms with Crippen molar-refractivity contribution in [2.45, 2.75) is 56.1 Å². The Labute approximate surface area is 123 Å². The zero-order valence-electron chi connectivity index (χ0n) is 12.9. The lowest BCUT2D eigenvalue weighted by atomic mass is 9.85. The third-order valence-electron chi connectivity index (χ3n) is 4.80. The quantitative estimate of drug-likeness (QED) is 0.856. The summed E-state index contributed by atoms with van der Waals surface area (Å²) in [6, 6.07) is 0. The molecule has 0 aromatic heterocycles. The minimum Gasteiger partial charge on any atom is -0.329 e. The summed E-state index contributed by atoms with van der Waals surface area (Å²) in [7, 11) is 0. The summed E-state index contributed by atoms with van der Waals surface area (Å²) >= 11 is 2.13. The molecule has 0 aliphatic carbocycles. The Morgan fingerprint density at radius 3 is 2.21 bits per heavy atom. The van der Waals surface area contributed by atoms with E-state index in [1.807, 2.05) is 0 Å². The molecule has 0 bridgehead atoms. The Morgan fingerprint density at radius 2 is 1.74 bits per heavy atom. The highest BCUT2D eigenvalue weighted by atomic mass is 32.2. The molecule has 4 heteroatoms. The highest BCUT2D eigenvalue weighted by Crippen LogP contribution is 2.34. The van der Waals surface area contributed by atoms with Crippen molar-refractivity contribution in [2.24, 2.45) is 5.73 Å². The van der Waals surface area contributed by atoms with Crippen molar-refractivity contribution >= 4 is 11.8 Å². The second kappa shape index (κ2) is 6.79. The predicted octanol–water partition coefficient (Wildman–Crippen LogP) is 2.02. The van der Waals surface area contributed by atoms with Crippen LogP contribution in [-0.4, -0.2) is 65.1 Å². The summed E-state index contributed by atoms with van der Waals surface area (Å²) in [6.45, 7) is 14.0. The third kappa shape index (κ3) is 3.66. The molecule has 2 atom stereocenters. The normalized spacial score (nSPS) is 33.5. The molecule has 112 valence electrons. The van der Waals surface area contributed by atoms with Crippen LogP contribution in [0.25, 0.3) is 0 Å². The Hall–Kier alpha value is 0.230. The van der Waals surface area contributed by atoms with Gasteiger partial charge in [-0.1, -0.05) is 20.8 Å². The van der Waals surface area contributed by atoms with Gasteiger partial charge < -0.3 is 10.6 Å². The van der Waals surface area contributed by atoms with E-state index >= 15 is 0 Å². The van der Waals surface area contributed by atoms with E-state index in [0.717, 1.165) is 17.0 Å². The molecule has 2 fully saturated rings. The van der Waals surface area contributed by atoms with E-state index < -0.39 is 0 Å². The summed E-state index contributed by atoms with van der Waals surface area (Å²) in [4.78, 5) is 5.33. The molecule has 0 saturated carbocycles. The number of piperidine rings is 1. The highest BCUT2D eigenvalue weighted by molar-refractivity contribution is 8.00. The van der Waals surface area contributed by atoms with Crippen LogP contribution in [0.1, 0.15) is 40.0 Å². The second-order valence-corrected chi connectivity index (χ2v) is 8.31. The number of nitrogens with zero attached hydrogens (tertiary/aromatic N) is 2. The van der Waals surface area contributed by atoms with Gasteiger partial charge in [0.15, 0.2) is 0 Å². The zero-order valence-corrected chi connectivity index (χ0v) is 13.7. The lowest BCUT2D eigenvalue weighted by molar-refractivity contribution is 0.0256. The second-order valence-electron chi connectivity index (χ2n) is 6.43. The summed E-state index contributed by atoms with van der Waals surface area (Å²) in [5.74, 6) is 0. The smallest absolute Gasteiger partial charge is 0.0356 e. The van der Waals surface area contributed by atoms with E-state index in [4.69, 9.17) is 5.73 Å². The van der Waals surface area contributed by atoms with E-state index in [9.17, 15) is 0 Å². The average molecular weight is 286 g/mol. The number of hydrogen-bond acceptors (Lipinski definition) is 4. The van der Waals surface area contributed by atoms with Gasteiger partial charge in [0.2, 0.25) is 0 Å². The maximum absolute atomic E-state index is 6.21. The van der Waals surface area contributed by atoms with E-state index in [-0.39, 0.29) is 5.54 Å². The molecule has 2 aliphatic rings. The molecule has 2 aliphatic heterocycles. The fourth-order valence-electron chi connectivity index (χ4n) is 3.72. The first-order valence-electron chi connectivity index (χ1n) is 7.92. The molecule has 0 spiro atoms. The number of likely N-dealkylation sites (tertiary alicyclic amines) is 1. The van der Waals surface area contributed by atoms with Gasteiger partial charge in [-0.15, -0.1) is 0 Å². The van der Waals surface area contributed by atoms with Gasteiger partial charge in [0.05, 0.1) is 0 Å². The van der Waals surface area contributed by atoms with Crippen LogP contribution in [0.15, 0.2) is 0 Å². The lowest BCUT2D eigenvalue weighted by Crippen LogP contribution is -2.62. The number of nitrogens with two attached hydrogens (primary N) is 1. The van der Waals surface area contributed by atoms with E-state index in [0.29, 0.717) is 0 Å². The monoisotopic (exact) mass is 285 g/mol. The Morgan fingerprint density at radius 1 is 1.16 bits per heavy atom. The summed E-state index contributed by atoms with van der Waals surface area (Å²) < 4.78 is 0. The first-order valence-corrected chi connectivity index (χ1v) is 8.87. The van der Waals surface area contributed by atoms with Gasteiger partial charge in [-0.05, 0) is 38.9 Å². The van der Waals surface area contributed by atoms with Gasteiger partial charge in [-0.3, -0.25) is 4.90 Å². The van der Waals surface area contributed by atoms with E-state index in [1.165, 1.54) is 52.0 Å². The number of thioether (sulfide) groups is 1. The maximum atomic E-state index is 6.21. The molecule has 0 aromatic rings. The molecular weight excluding hydrogens is 254 g/mol. The summed E-state index contributed by atoms with van der Waals surface area (Å²) in [5, 5.41) is 1.50. The van der Waals surface area contributed by atoms with Crippen LogP contribution < -0.4 is 5.73 Å². The summed E-state index contributed by atoms with van der Waals surface area (Å²) in [5.41, 5.74) is 6.50. The van der Waals surface area contributed by atoms with Crippen LogP contribution in [0, 0.1) is 0 Å². The Kier molecular flexibility index (Phi) is 5.58. The van der Waals surface area contributed by atoms with Gasteiger partial charge in [-0.25, -0.2) is 0 Å². The lowest BCUT2D eigenvalue weighted by Gasteiger charge is -2.51. The zero-order chi connectivity index (χ0) is 13.9. The molecule has 2 rings (SSSR count). The van der Waals surface area contributed by atoms with Crippen molar-refractivity contribution in [3.63, 3.8) is 0 Å². The Bertz CT molecular complexity index is 267. The van der Waals surface area contributed by atoms with Gasteiger partial charge in [0.1, 0.15) is 0 Å². The van der Waals surface area contributed by atoms with Crippen LogP contribution in [0.5, 0.6) is 0 Å². The van der Waals surface area contributed by atoms with Crippen molar-refractivity contribution in [3.05, 3.63) is 0 Å². The fraction of sp³-hybridized carbons (Fsp3) is 1.00. The van der Waals surface area contributed by atoms with Crippen molar-refractivity contribution in [1.29, 1.82) is 0 Å². The minimum atomic E-state index is 0.285. The topological polar surface area (TPSA) is 32.5 Å². The van der Waals surface area contributed by atoms with Crippen LogP contribution >= 0.6 is 11.8 Å². The first-order chi connectivity index (χ1) is 9.09. The third-order valence-corrected chi connectivity index (χ3v) is 6.02. The Balaban J connectivity index is 1.99. The molecule has 2 N–H and O–H groups in total. The molecular formula is C15H31N3S. The van der Waals surface area contributed by atoms with Gasteiger partial charge in [-0.2, -0.15) is 11.8 Å². The first kappa shape index (κ1) is 15.6. The van der Waals surface area contributed by atoms with Crippen LogP contribution in [0.2, 0.25) is 0 Å². The van der Waals surface area contributed by atoms with Crippen molar-refractivity contribution in [3.8, 4) is 0 Å². The standard InChI is InChI=1S/C15H31N3S/c1-4-7-17-8-5-15(12-16,6-9-17)18-10-13(2)19-14(3)11-18/h13-14H,4-12,16H2,1-3H3. The molecule has 3 nitrogen and oxygen atoms in total. The van der Waals surface area contributed by atoms with Gasteiger partial charge in [0, 0.05) is 35.7 Å². The molecule has 0 aromatic carbocycles. The minimum absolute atomic E-state index is 0.285. The fourth-order valence-corrected chi connectivity index (χ4v) is 5.05. The highest BCUT2D eigenvalue weighted by Gasteiger charge is 2.41. The van der Waals surface area contributed by atoms with Crippen LogP contribution in [-0.2, 0) is 0 Å². The van der Waals surface area contributed by atoms with E-state index in [2.05, 4.69) is 42.3 Å². The average Bonchev–Trinajstić information content (AvgIpc) is 2.39. The van der Waals surface area contributed by atoms with Gasteiger partial charge in [0.25, 0.3) is 0 Å². The van der Waals surface area contributed by atoms with Crippen LogP contribution in [0.3, 0.4) is 0 Å². The molecule has 19 heavy (non-hydrogen) atoms. The van der Waals surface area contributed by atoms with E-state index in [1.54, 1.807) is 0 Å². The van der Waals surface area contributed by atoms with Crippen molar-refractivity contribution < 1.29 is 0 Å². The van der Waals surface area contributed by atoms with Crippen LogP contribution in [0.4, 0.5) is 0 Å². The van der Waals surface area contributed by atoms with Gasteiger partial charge >= 0.3 is 0 Å².